The summed E-state index contributed by atoms with van der Waals surface area (Å²) in [6, 6.07) is 6.22. The predicted molar refractivity (Wildman–Crippen MR) is 119 cm³/mol. The van der Waals surface area contributed by atoms with E-state index in [0.717, 1.165) is 42.5 Å². The molecular weight excluding hydrogens is 378 g/mol. The highest BCUT2D eigenvalue weighted by molar-refractivity contribution is 7.80. The van der Waals surface area contributed by atoms with Crippen LogP contribution < -0.4 is 10.9 Å². The number of nitrogens with zero attached hydrogens (tertiary/aromatic N) is 2. The topological polar surface area (TPSA) is 37.3 Å². The van der Waals surface area contributed by atoms with Crippen LogP contribution >= 0.6 is 12.2 Å². The molecule has 3 atom stereocenters. The third-order valence-electron chi connectivity index (χ3n) is 9.11. The van der Waals surface area contributed by atoms with Crippen LogP contribution in [-0.2, 0) is 6.54 Å². The zero-order valence-corrected chi connectivity index (χ0v) is 18.3. The highest BCUT2D eigenvalue weighted by Crippen LogP contribution is 2.61. The standard InChI is InChI=1S/C24H33N3OS/c1-15(24-9-16-5-17(10-24)7-18(6-16)11-24)25-23(29)26-12-19-8-20(14-26)21-3-2-4-22(28)27(21)13-19/h2-4,15-20H,5-14H2,1H3,(H,25,29)/t15?,16?,17?,18?,19-,20?,24?/m0/s1. The first-order valence-electron chi connectivity index (χ1n) is 11.7. The van der Waals surface area contributed by atoms with Crippen molar-refractivity contribution < 1.29 is 0 Å². The van der Waals surface area contributed by atoms with Crippen LogP contribution in [0.3, 0.4) is 0 Å². The Morgan fingerprint density at radius 2 is 1.72 bits per heavy atom. The number of pyridine rings is 1. The molecule has 0 amide bonds. The van der Waals surface area contributed by atoms with Gasteiger partial charge in [0.2, 0.25) is 0 Å². The van der Waals surface area contributed by atoms with Crippen LogP contribution in [0.4, 0.5) is 0 Å². The quantitative estimate of drug-likeness (QED) is 0.752. The molecule has 1 aromatic rings. The van der Waals surface area contributed by atoms with Crippen molar-refractivity contribution in [1.82, 2.24) is 14.8 Å². The molecule has 0 spiro atoms. The first-order valence-corrected chi connectivity index (χ1v) is 12.1. The molecule has 5 fully saturated rings. The van der Waals surface area contributed by atoms with E-state index in [1.54, 1.807) is 6.07 Å². The average Bonchev–Trinajstić information content (AvgIpc) is 2.67. The minimum absolute atomic E-state index is 0.154. The Morgan fingerprint density at radius 1 is 1.03 bits per heavy atom. The lowest BCUT2D eigenvalue weighted by atomic mass is 9.48. The van der Waals surface area contributed by atoms with Gasteiger partial charge in [0.1, 0.15) is 0 Å². The van der Waals surface area contributed by atoms with Crippen LogP contribution in [0.1, 0.15) is 63.5 Å². The van der Waals surface area contributed by atoms with Gasteiger partial charge in [-0.15, -0.1) is 0 Å². The molecule has 4 saturated carbocycles. The van der Waals surface area contributed by atoms with Gasteiger partial charge in [-0.3, -0.25) is 4.79 Å². The number of hydrogen-bond donors (Lipinski definition) is 1. The first-order chi connectivity index (χ1) is 14.0. The Hall–Kier alpha value is -1.36. The maximum absolute atomic E-state index is 12.3. The van der Waals surface area contributed by atoms with E-state index < -0.39 is 0 Å². The lowest BCUT2D eigenvalue weighted by Crippen LogP contribution is -2.59. The molecular formula is C24H33N3OS. The minimum atomic E-state index is 0.154. The van der Waals surface area contributed by atoms with E-state index in [9.17, 15) is 4.79 Å². The van der Waals surface area contributed by atoms with Crippen LogP contribution in [0, 0.1) is 29.1 Å². The van der Waals surface area contributed by atoms with Gasteiger partial charge < -0.3 is 14.8 Å². The number of piperidine rings is 1. The van der Waals surface area contributed by atoms with Crippen LogP contribution in [0.5, 0.6) is 0 Å². The molecule has 0 aromatic carbocycles. The van der Waals surface area contributed by atoms with E-state index in [1.165, 1.54) is 50.6 Å². The maximum Gasteiger partial charge on any atom is 0.250 e. The molecule has 2 aliphatic heterocycles. The monoisotopic (exact) mass is 411 g/mol. The smallest absolute Gasteiger partial charge is 0.250 e. The van der Waals surface area contributed by atoms with Gasteiger partial charge in [-0.05, 0) is 99.2 Å². The third-order valence-corrected chi connectivity index (χ3v) is 9.49. The normalized spacial score (nSPS) is 40.4. The summed E-state index contributed by atoms with van der Waals surface area (Å²) in [6.45, 7) is 5.17. The van der Waals surface area contributed by atoms with E-state index >= 15 is 0 Å². The van der Waals surface area contributed by atoms with E-state index in [-0.39, 0.29) is 5.56 Å². The molecule has 1 saturated heterocycles. The maximum atomic E-state index is 12.3. The van der Waals surface area contributed by atoms with Gasteiger partial charge in [-0.2, -0.15) is 0 Å². The summed E-state index contributed by atoms with van der Waals surface area (Å²) in [7, 11) is 0. The lowest BCUT2D eigenvalue weighted by Gasteiger charge is -2.59. The molecule has 6 bridgehead atoms. The number of hydrogen-bond acceptors (Lipinski definition) is 2. The molecule has 1 N–H and O–H groups in total. The molecule has 156 valence electrons. The molecule has 1 aromatic heterocycles. The van der Waals surface area contributed by atoms with E-state index in [1.807, 2.05) is 10.6 Å². The molecule has 2 unspecified atom stereocenters. The highest BCUT2D eigenvalue weighted by atomic mass is 32.1. The van der Waals surface area contributed by atoms with Crippen molar-refractivity contribution in [2.24, 2.45) is 29.1 Å². The zero-order chi connectivity index (χ0) is 19.8. The molecule has 0 radical (unpaired) electrons. The van der Waals surface area contributed by atoms with Crippen molar-refractivity contribution in [2.75, 3.05) is 13.1 Å². The number of aromatic nitrogens is 1. The Labute approximate surface area is 179 Å². The van der Waals surface area contributed by atoms with Crippen molar-refractivity contribution >= 4 is 17.3 Å². The van der Waals surface area contributed by atoms with Gasteiger partial charge in [-0.1, -0.05) is 6.07 Å². The Bertz CT molecular complexity index is 857. The molecule has 7 rings (SSSR count). The second kappa shape index (κ2) is 6.57. The van der Waals surface area contributed by atoms with Gasteiger partial charge in [-0.25, -0.2) is 0 Å². The zero-order valence-electron chi connectivity index (χ0n) is 17.5. The fourth-order valence-electron chi connectivity index (χ4n) is 8.20. The molecule has 29 heavy (non-hydrogen) atoms. The van der Waals surface area contributed by atoms with Gasteiger partial charge in [0, 0.05) is 43.4 Å². The van der Waals surface area contributed by atoms with Crippen molar-refractivity contribution in [3.05, 3.63) is 34.2 Å². The van der Waals surface area contributed by atoms with E-state index in [2.05, 4.69) is 23.2 Å². The van der Waals surface area contributed by atoms with Crippen molar-refractivity contribution in [3.63, 3.8) is 0 Å². The summed E-state index contributed by atoms with van der Waals surface area (Å²) in [5, 5.41) is 4.77. The number of rotatable bonds is 2. The van der Waals surface area contributed by atoms with Gasteiger partial charge in [0.05, 0.1) is 0 Å². The second-order valence-corrected chi connectivity index (χ2v) is 11.4. The average molecular weight is 412 g/mol. The Balaban J connectivity index is 1.17. The number of likely N-dealkylation sites (tertiary alicyclic amines) is 1. The summed E-state index contributed by atoms with van der Waals surface area (Å²) in [5.41, 5.74) is 1.84. The molecule has 4 aliphatic carbocycles. The number of fused-ring (bicyclic) bond motifs is 4. The largest absolute Gasteiger partial charge is 0.360 e. The highest BCUT2D eigenvalue weighted by Gasteiger charge is 2.53. The van der Waals surface area contributed by atoms with Crippen molar-refractivity contribution in [3.8, 4) is 0 Å². The number of nitrogens with one attached hydrogen (secondary N) is 1. The van der Waals surface area contributed by atoms with E-state index in [0.29, 0.717) is 23.3 Å². The summed E-state index contributed by atoms with van der Waals surface area (Å²) < 4.78 is 2.00. The molecule has 4 nitrogen and oxygen atoms in total. The fourth-order valence-corrected chi connectivity index (χ4v) is 8.53. The fraction of sp³-hybridized carbons (Fsp3) is 0.750. The summed E-state index contributed by atoms with van der Waals surface area (Å²) in [5.74, 6) is 3.87. The van der Waals surface area contributed by atoms with Crippen LogP contribution in [0.15, 0.2) is 23.0 Å². The van der Waals surface area contributed by atoms with Crippen LogP contribution in [0.25, 0.3) is 0 Å². The Morgan fingerprint density at radius 3 is 2.41 bits per heavy atom. The van der Waals surface area contributed by atoms with Crippen molar-refractivity contribution in [2.45, 2.75) is 70.4 Å². The first kappa shape index (κ1) is 18.4. The summed E-state index contributed by atoms with van der Waals surface area (Å²) in [4.78, 5) is 14.7. The predicted octanol–water partition coefficient (Wildman–Crippen LogP) is 3.75. The minimum Gasteiger partial charge on any atom is -0.360 e. The molecule has 5 heteroatoms. The summed E-state index contributed by atoms with van der Waals surface area (Å²) >= 11 is 5.95. The lowest BCUT2D eigenvalue weighted by molar-refractivity contribution is -0.0676. The SMILES string of the molecule is CC(NC(=S)N1CC2C[C@@H](C1)Cn1c2cccc1=O)C12CC3CC(CC(C3)C1)C2. The van der Waals surface area contributed by atoms with Gasteiger partial charge >= 0.3 is 0 Å². The van der Waals surface area contributed by atoms with Crippen molar-refractivity contribution in [1.29, 1.82) is 0 Å². The second-order valence-electron chi connectivity index (χ2n) is 11.1. The van der Waals surface area contributed by atoms with Crippen LogP contribution in [-0.4, -0.2) is 33.7 Å². The third kappa shape index (κ3) is 2.98. The number of thiocarbonyl (C=S) groups is 1. The molecule has 6 aliphatic rings. The Kier molecular flexibility index (Phi) is 4.17. The van der Waals surface area contributed by atoms with Gasteiger partial charge in [0.25, 0.3) is 5.56 Å². The summed E-state index contributed by atoms with van der Waals surface area (Å²) in [6.07, 6.45) is 9.90. The van der Waals surface area contributed by atoms with E-state index in [4.69, 9.17) is 12.2 Å². The van der Waals surface area contributed by atoms with Crippen LogP contribution in [0.2, 0.25) is 0 Å². The van der Waals surface area contributed by atoms with Gasteiger partial charge in [0.15, 0.2) is 5.11 Å². The molecule has 3 heterocycles.